The van der Waals surface area contributed by atoms with E-state index >= 15 is 0 Å². The number of benzene rings is 1. The first kappa shape index (κ1) is 9.78. The van der Waals surface area contributed by atoms with Crippen LogP contribution in [-0.2, 0) is 6.42 Å². The maximum absolute atomic E-state index is 12.3. The summed E-state index contributed by atoms with van der Waals surface area (Å²) in [5.74, 6) is -0.689. The number of methoxy groups -OCH3 is 2. The molecule has 0 saturated carbocycles. The summed E-state index contributed by atoms with van der Waals surface area (Å²) < 4.78 is 89.9. The first-order chi connectivity index (χ1) is 11.7. The van der Waals surface area contributed by atoms with Crippen LogP contribution in [0.2, 0.25) is 0 Å². The fraction of sp³-hybridized carbons (Fsp3) is 0.538. The van der Waals surface area contributed by atoms with Crippen LogP contribution in [0.4, 0.5) is 13.2 Å². The molecule has 0 aromatic heterocycles. The molecule has 0 aliphatic carbocycles. The van der Waals surface area contributed by atoms with Crippen LogP contribution in [0.3, 0.4) is 0 Å². The predicted molar refractivity (Wildman–Crippen MR) is 73.7 cm³/mol. The molecule has 20 heavy (non-hydrogen) atoms. The standard InChI is InChI=1S/C13H18F3NO2S/c1-18-10-8-12(20-6-4-13(14,15)16)11(19-2)7-9(10)3-5-17/h7-8H,3-6,17H2,1-2H3/i1D3,2D3. The third-order valence-electron chi connectivity index (χ3n) is 2.40. The minimum Gasteiger partial charge on any atom is -0.496 e. The fourth-order valence-corrected chi connectivity index (χ4v) is 2.49. The monoisotopic (exact) mass is 315 g/mol. The molecule has 2 N–H and O–H groups in total. The average molecular weight is 315 g/mol. The van der Waals surface area contributed by atoms with E-state index in [9.17, 15) is 13.2 Å². The van der Waals surface area contributed by atoms with Gasteiger partial charge in [-0.05, 0) is 30.7 Å². The molecule has 0 radical (unpaired) electrons. The highest BCUT2D eigenvalue weighted by atomic mass is 32.2. The van der Waals surface area contributed by atoms with Crippen LogP contribution in [0, 0.1) is 0 Å². The molecule has 114 valence electrons. The number of halogens is 3. The molecule has 1 aromatic rings. The number of thioether (sulfide) groups is 1. The van der Waals surface area contributed by atoms with Crippen molar-refractivity contribution >= 4 is 11.8 Å². The molecule has 0 saturated heterocycles. The molecule has 1 aromatic carbocycles. The zero-order chi connectivity index (χ0) is 20.2. The van der Waals surface area contributed by atoms with Crippen molar-refractivity contribution in [1.82, 2.24) is 0 Å². The van der Waals surface area contributed by atoms with E-state index in [0.29, 0.717) is 11.8 Å². The van der Waals surface area contributed by atoms with Crippen molar-refractivity contribution in [2.45, 2.75) is 23.9 Å². The Labute approximate surface area is 129 Å². The Kier molecular flexibility index (Phi) is 3.74. The van der Waals surface area contributed by atoms with E-state index in [0.717, 1.165) is 0 Å². The maximum atomic E-state index is 12.3. The van der Waals surface area contributed by atoms with Crippen LogP contribution in [-0.4, -0.2) is 32.5 Å². The quantitative estimate of drug-likeness (QED) is 0.785. The van der Waals surface area contributed by atoms with Gasteiger partial charge in [-0.3, -0.25) is 0 Å². The van der Waals surface area contributed by atoms with Crippen molar-refractivity contribution < 1.29 is 30.9 Å². The molecule has 0 aliphatic rings. The molecular weight excluding hydrogens is 291 g/mol. The lowest BCUT2D eigenvalue weighted by Gasteiger charge is -2.14. The highest BCUT2D eigenvalue weighted by molar-refractivity contribution is 7.99. The predicted octanol–water partition coefficient (Wildman–Crippen LogP) is 3.25. The Balaban J connectivity index is 3.24. The normalized spacial score (nSPS) is 17.2. The molecular formula is C13H18F3NO2S. The van der Waals surface area contributed by atoms with Crippen molar-refractivity contribution in [3.05, 3.63) is 17.7 Å². The van der Waals surface area contributed by atoms with Crippen molar-refractivity contribution in [3.8, 4) is 11.5 Å². The van der Waals surface area contributed by atoms with Gasteiger partial charge in [0.15, 0.2) is 0 Å². The van der Waals surface area contributed by atoms with Gasteiger partial charge in [-0.2, -0.15) is 13.2 Å². The third-order valence-corrected chi connectivity index (χ3v) is 3.44. The highest BCUT2D eigenvalue weighted by Gasteiger charge is 2.26. The highest BCUT2D eigenvalue weighted by Crippen LogP contribution is 2.37. The Morgan fingerprint density at radius 1 is 1.25 bits per heavy atom. The lowest BCUT2D eigenvalue weighted by molar-refractivity contribution is -0.129. The van der Waals surface area contributed by atoms with Gasteiger partial charge in [-0.15, -0.1) is 11.8 Å². The molecule has 0 heterocycles. The lowest BCUT2D eigenvalue weighted by Crippen LogP contribution is -2.08. The second kappa shape index (κ2) is 7.64. The summed E-state index contributed by atoms with van der Waals surface area (Å²) in [5.41, 5.74) is 5.74. The lowest BCUT2D eigenvalue weighted by atomic mass is 10.1. The van der Waals surface area contributed by atoms with Crippen molar-refractivity contribution in [3.63, 3.8) is 0 Å². The van der Waals surface area contributed by atoms with E-state index in [1.54, 1.807) is 0 Å². The number of nitrogens with two attached hydrogens (primary N) is 1. The van der Waals surface area contributed by atoms with Gasteiger partial charge >= 0.3 is 6.18 Å². The zero-order valence-corrected chi connectivity index (χ0v) is 11.2. The molecule has 3 nitrogen and oxygen atoms in total. The number of hydrogen-bond acceptors (Lipinski definition) is 4. The van der Waals surface area contributed by atoms with Crippen LogP contribution < -0.4 is 15.2 Å². The summed E-state index contributed by atoms with van der Waals surface area (Å²) >= 11 is 0.692. The number of alkyl halides is 3. The minimum atomic E-state index is -4.38. The van der Waals surface area contributed by atoms with Crippen LogP contribution in [0.5, 0.6) is 11.5 Å². The van der Waals surface area contributed by atoms with E-state index in [1.165, 1.54) is 12.1 Å². The topological polar surface area (TPSA) is 44.5 Å². The van der Waals surface area contributed by atoms with Gasteiger partial charge < -0.3 is 15.2 Å². The summed E-state index contributed by atoms with van der Waals surface area (Å²) in [4.78, 5) is 0.0328. The van der Waals surface area contributed by atoms with E-state index in [4.69, 9.17) is 23.4 Å². The van der Waals surface area contributed by atoms with Crippen molar-refractivity contribution in [2.24, 2.45) is 5.73 Å². The van der Waals surface area contributed by atoms with Crippen LogP contribution in [0.25, 0.3) is 0 Å². The molecule has 0 fully saturated rings. The average Bonchev–Trinajstić information content (AvgIpc) is 2.38. The molecule has 0 atom stereocenters. The summed E-state index contributed by atoms with van der Waals surface area (Å²) in [6, 6.07) is 2.40. The minimum absolute atomic E-state index is 0.0328. The summed E-state index contributed by atoms with van der Waals surface area (Å²) in [5, 5.41) is 0. The van der Waals surface area contributed by atoms with Gasteiger partial charge in [0.2, 0.25) is 0 Å². The maximum Gasteiger partial charge on any atom is 0.389 e. The van der Waals surface area contributed by atoms with Gasteiger partial charge in [0.05, 0.1) is 33.6 Å². The second-order valence-electron chi connectivity index (χ2n) is 3.86. The molecule has 0 unspecified atom stereocenters. The Bertz CT molecular complexity index is 607. The van der Waals surface area contributed by atoms with Crippen LogP contribution in [0.1, 0.15) is 20.2 Å². The number of hydrogen-bond donors (Lipinski definition) is 1. The van der Waals surface area contributed by atoms with Gasteiger partial charge in [-0.25, -0.2) is 0 Å². The Hall–Kier alpha value is -1.08. The molecule has 0 bridgehead atoms. The fourth-order valence-electron chi connectivity index (χ4n) is 1.50. The largest absolute Gasteiger partial charge is 0.496 e. The molecule has 0 aliphatic heterocycles. The molecule has 0 spiro atoms. The number of rotatable bonds is 7. The SMILES string of the molecule is [2H]C([2H])([2H])Oc1cc(SCCC(F)(F)F)c(OC([2H])([2H])[2H])cc1CCN. The van der Waals surface area contributed by atoms with Crippen LogP contribution in [0.15, 0.2) is 17.0 Å². The molecule has 1 rings (SSSR count). The smallest absolute Gasteiger partial charge is 0.389 e. The summed E-state index contributed by atoms with van der Waals surface area (Å²) in [6.45, 7) is 0.116. The van der Waals surface area contributed by atoms with E-state index in [-0.39, 0.29) is 34.9 Å². The van der Waals surface area contributed by atoms with Gasteiger partial charge in [0.25, 0.3) is 0 Å². The summed E-state index contributed by atoms with van der Waals surface area (Å²) in [6.07, 6.45) is -5.32. The van der Waals surface area contributed by atoms with Gasteiger partial charge in [0, 0.05) is 5.75 Å². The second-order valence-corrected chi connectivity index (χ2v) is 5.00. The number of ether oxygens (including phenoxy) is 2. The molecule has 7 heteroatoms. The van der Waals surface area contributed by atoms with Crippen molar-refractivity contribution in [2.75, 3.05) is 26.4 Å². The van der Waals surface area contributed by atoms with Crippen molar-refractivity contribution in [1.29, 1.82) is 0 Å². The van der Waals surface area contributed by atoms with E-state index in [1.807, 2.05) is 0 Å². The first-order valence-corrected chi connectivity index (χ1v) is 6.63. The Morgan fingerprint density at radius 3 is 2.55 bits per heavy atom. The van der Waals surface area contributed by atoms with E-state index in [2.05, 4.69) is 0 Å². The first-order valence-electron chi connectivity index (χ1n) is 8.65. The molecule has 0 amide bonds. The van der Waals surface area contributed by atoms with E-state index < -0.39 is 32.4 Å². The zero-order valence-electron chi connectivity index (χ0n) is 16.4. The van der Waals surface area contributed by atoms with Gasteiger partial charge in [-0.1, -0.05) is 0 Å². The van der Waals surface area contributed by atoms with Crippen LogP contribution >= 0.6 is 11.8 Å². The third kappa shape index (κ3) is 5.13. The van der Waals surface area contributed by atoms with Gasteiger partial charge in [0.1, 0.15) is 11.5 Å². The Morgan fingerprint density at radius 2 is 1.95 bits per heavy atom. The summed E-state index contributed by atoms with van der Waals surface area (Å²) in [7, 11) is -5.62.